The van der Waals surface area contributed by atoms with Gasteiger partial charge in [-0.15, -0.1) is 0 Å². The van der Waals surface area contributed by atoms with E-state index >= 15 is 0 Å². The second-order valence-electron chi connectivity index (χ2n) is 9.38. The van der Waals surface area contributed by atoms with Gasteiger partial charge in [-0.05, 0) is 72.6 Å². The molecule has 1 unspecified atom stereocenters. The topological polar surface area (TPSA) is 94.6 Å². The average Bonchev–Trinajstić information content (AvgIpc) is 2.90. The third kappa shape index (κ3) is 5.92. The number of nitrogens with one attached hydrogen (secondary N) is 1. The molecule has 0 fully saturated rings. The summed E-state index contributed by atoms with van der Waals surface area (Å²) in [7, 11) is -3.89. The number of sulfonamides is 1. The summed E-state index contributed by atoms with van der Waals surface area (Å²) < 4.78 is 40.7. The van der Waals surface area contributed by atoms with E-state index in [1.165, 1.54) is 6.92 Å². The number of pyridine rings is 1. The number of carbonyl (C=O) groups is 1. The van der Waals surface area contributed by atoms with E-state index in [9.17, 15) is 13.2 Å². The smallest absolute Gasteiger partial charge is 0.308 e. The van der Waals surface area contributed by atoms with Crippen molar-refractivity contribution in [2.45, 2.75) is 38.3 Å². The van der Waals surface area contributed by atoms with Gasteiger partial charge in [0, 0.05) is 23.9 Å². The quantitative estimate of drug-likeness (QED) is 0.185. The van der Waals surface area contributed by atoms with Crippen LogP contribution in [-0.4, -0.2) is 19.4 Å². The lowest BCUT2D eigenvalue weighted by Gasteiger charge is -2.20. The average molecular weight is 541 g/mol. The summed E-state index contributed by atoms with van der Waals surface area (Å²) in [4.78, 5) is 16.3. The number of aryl methyl sites for hydroxylation is 1. The van der Waals surface area contributed by atoms with Crippen molar-refractivity contribution in [2.75, 3.05) is 0 Å². The van der Waals surface area contributed by atoms with E-state index in [2.05, 4.69) is 9.71 Å². The van der Waals surface area contributed by atoms with Crippen molar-refractivity contribution in [1.82, 2.24) is 9.71 Å². The second kappa shape index (κ2) is 10.8. The molecule has 1 heterocycles. The van der Waals surface area contributed by atoms with Crippen LogP contribution in [0.2, 0.25) is 0 Å². The SMILES string of the molecule is CC(=O)Oc1cccc(C)c1C(C)NS(=O)(=O)c1ccc2ccc(OCc3ccc4ccccc4n3)cc2c1. The van der Waals surface area contributed by atoms with Crippen molar-refractivity contribution in [3.05, 3.63) is 108 Å². The van der Waals surface area contributed by atoms with Crippen molar-refractivity contribution >= 4 is 37.7 Å². The van der Waals surface area contributed by atoms with E-state index in [0.717, 1.165) is 32.9 Å². The number of nitrogens with zero attached hydrogens (tertiary/aromatic N) is 1. The van der Waals surface area contributed by atoms with Crippen LogP contribution in [0.3, 0.4) is 0 Å². The molecule has 0 amide bonds. The fourth-order valence-electron chi connectivity index (χ4n) is 4.62. The molecule has 0 aliphatic carbocycles. The molecule has 1 aromatic heterocycles. The number of aromatic nitrogens is 1. The van der Waals surface area contributed by atoms with Gasteiger partial charge in [0.25, 0.3) is 0 Å². The molecular formula is C31H28N2O5S. The molecule has 8 heteroatoms. The Balaban J connectivity index is 1.36. The standard InChI is InChI=1S/C31H28N2O5S/c1-20-7-6-10-30(38-22(3)34)31(20)21(2)33-39(35,36)28-16-13-23-12-15-27(17-25(23)18-28)37-19-26-14-11-24-8-4-5-9-29(24)32-26/h4-18,21,33H,19H2,1-3H3. The molecule has 4 aromatic carbocycles. The first-order valence-electron chi connectivity index (χ1n) is 12.5. The lowest BCUT2D eigenvalue weighted by molar-refractivity contribution is -0.131. The molecule has 7 nitrogen and oxygen atoms in total. The zero-order chi connectivity index (χ0) is 27.6. The summed E-state index contributed by atoms with van der Waals surface area (Å²) >= 11 is 0. The number of benzene rings is 4. The maximum absolute atomic E-state index is 13.3. The minimum absolute atomic E-state index is 0.123. The predicted octanol–water partition coefficient (Wildman–Crippen LogP) is 6.24. The first-order valence-corrected chi connectivity index (χ1v) is 14.0. The fourth-order valence-corrected chi connectivity index (χ4v) is 5.87. The highest BCUT2D eigenvalue weighted by atomic mass is 32.2. The summed E-state index contributed by atoms with van der Waals surface area (Å²) in [5.74, 6) is 0.471. The first kappa shape index (κ1) is 26.3. The molecule has 0 bridgehead atoms. The van der Waals surface area contributed by atoms with Gasteiger partial charge in [0.05, 0.1) is 16.1 Å². The van der Waals surface area contributed by atoms with Gasteiger partial charge in [0.1, 0.15) is 18.1 Å². The van der Waals surface area contributed by atoms with Gasteiger partial charge in [-0.1, -0.05) is 48.5 Å². The summed E-state index contributed by atoms with van der Waals surface area (Å²) in [6.45, 7) is 5.17. The van der Waals surface area contributed by atoms with Crippen LogP contribution in [0, 0.1) is 6.92 Å². The highest BCUT2D eigenvalue weighted by molar-refractivity contribution is 7.89. The lowest BCUT2D eigenvalue weighted by atomic mass is 10.0. The van der Waals surface area contributed by atoms with Gasteiger partial charge in [-0.3, -0.25) is 4.79 Å². The zero-order valence-electron chi connectivity index (χ0n) is 21.8. The largest absolute Gasteiger partial charge is 0.487 e. The third-order valence-electron chi connectivity index (χ3n) is 6.44. The zero-order valence-corrected chi connectivity index (χ0v) is 22.7. The van der Waals surface area contributed by atoms with Crippen molar-refractivity contribution < 1.29 is 22.7 Å². The van der Waals surface area contributed by atoms with E-state index in [4.69, 9.17) is 9.47 Å². The third-order valence-corrected chi connectivity index (χ3v) is 7.98. The number of hydrogen-bond donors (Lipinski definition) is 1. The van der Waals surface area contributed by atoms with Crippen molar-refractivity contribution in [1.29, 1.82) is 0 Å². The maximum atomic E-state index is 13.3. The second-order valence-corrected chi connectivity index (χ2v) is 11.1. The van der Waals surface area contributed by atoms with Gasteiger partial charge >= 0.3 is 5.97 Å². The summed E-state index contributed by atoms with van der Waals surface area (Å²) in [5, 5.41) is 2.67. The molecule has 0 saturated carbocycles. The molecule has 0 saturated heterocycles. The number of carbonyl (C=O) groups excluding carboxylic acids is 1. The Morgan fingerprint density at radius 1 is 0.897 bits per heavy atom. The Kier molecular flexibility index (Phi) is 7.32. The Morgan fingerprint density at radius 2 is 1.67 bits per heavy atom. The number of ether oxygens (including phenoxy) is 2. The van der Waals surface area contributed by atoms with Crippen LogP contribution in [0.25, 0.3) is 21.7 Å². The monoisotopic (exact) mass is 540 g/mol. The maximum Gasteiger partial charge on any atom is 0.308 e. The van der Waals surface area contributed by atoms with Crippen molar-refractivity contribution in [2.24, 2.45) is 0 Å². The van der Waals surface area contributed by atoms with Crippen LogP contribution >= 0.6 is 0 Å². The van der Waals surface area contributed by atoms with Crippen LogP contribution in [-0.2, 0) is 21.4 Å². The van der Waals surface area contributed by atoms with Crippen LogP contribution in [0.4, 0.5) is 0 Å². The molecule has 1 atom stereocenters. The number of esters is 1. The van der Waals surface area contributed by atoms with Gasteiger partial charge in [-0.2, -0.15) is 0 Å². The van der Waals surface area contributed by atoms with Crippen LogP contribution in [0.5, 0.6) is 11.5 Å². The molecule has 0 aliphatic heterocycles. The number of hydrogen-bond acceptors (Lipinski definition) is 6. The Morgan fingerprint density at radius 3 is 2.49 bits per heavy atom. The highest BCUT2D eigenvalue weighted by Crippen LogP contribution is 2.31. The predicted molar refractivity (Wildman–Crippen MR) is 151 cm³/mol. The van der Waals surface area contributed by atoms with Gasteiger partial charge in [0.15, 0.2) is 0 Å². The number of rotatable bonds is 8. The first-order chi connectivity index (χ1) is 18.7. The Bertz CT molecular complexity index is 1800. The Hall–Kier alpha value is -4.27. The van der Waals surface area contributed by atoms with E-state index in [1.54, 1.807) is 37.3 Å². The number of fused-ring (bicyclic) bond motifs is 2. The number of para-hydroxylation sites is 1. The van der Waals surface area contributed by atoms with E-state index in [-0.39, 0.29) is 11.5 Å². The van der Waals surface area contributed by atoms with Gasteiger partial charge in [-0.25, -0.2) is 18.1 Å². The molecule has 39 heavy (non-hydrogen) atoms. The summed E-state index contributed by atoms with van der Waals surface area (Å²) in [5.41, 5.74) is 3.12. The lowest BCUT2D eigenvalue weighted by Crippen LogP contribution is -2.28. The molecule has 198 valence electrons. The summed E-state index contributed by atoms with van der Waals surface area (Å²) in [6, 6.07) is 27.0. The fraction of sp³-hybridized carbons (Fsp3) is 0.161. The normalized spacial score (nSPS) is 12.4. The van der Waals surface area contributed by atoms with Gasteiger partial charge in [0.2, 0.25) is 10.0 Å². The molecular weight excluding hydrogens is 512 g/mol. The minimum atomic E-state index is -3.89. The van der Waals surface area contributed by atoms with E-state index in [0.29, 0.717) is 17.1 Å². The van der Waals surface area contributed by atoms with Crippen LogP contribution in [0.1, 0.15) is 36.7 Å². The minimum Gasteiger partial charge on any atom is -0.487 e. The molecule has 0 aliphatic rings. The van der Waals surface area contributed by atoms with Crippen molar-refractivity contribution in [3.63, 3.8) is 0 Å². The highest BCUT2D eigenvalue weighted by Gasteiger charge is 2.23. The Labute approximate surface area is 227 Å². The molecule has 5 rings (SSSR count). The molecule has 1 N–H and O–H groups in total. The molecule has 5 aromatic rings. The molecule has 0 radical (unpaired) electrons. The van der Waals surface area contributed by atoms with Crippen molar-refractivity contribution in [3.8, 4) is 11.5 Å². The molecule has 0 spiro atoms. The van der Waals surface area contributed by atoms with Gasteiger partial charge < -0.3 is 9.47 Å². The van der Waals surface area contributed by atoms with Crippen LogP contribution in [0.15, 0.2) is 95.9 Å². The van der Waals surface area contributed by atoms with Crippen LogP contribution < -0.4 is 14.2 Å². The summed E-state index contributed by atoms with van der Waals surface area (Å²) in [6.07, 6.45) is 0. The van der Waals surface area contributed by atoms with E-state index < -0.39 is 22.0 Å². The van der Waals surface area contributed by atoms with E-state index in [1.807, 2.05) is 67.6 Å².